The molecule has 0 saturated heterocycles. The molecule has 142 heavy (non-hydrogen) atoms. The molecule has 0 aliphatic heterocycles. The minimum absolute atomic E-state index is 0.679. The van der Waals surface area contributed by atoms with Gasteiger partial charge in [0.05, 0.1) is 0 Å². The van der Waals surface area contributed by atoms with Crippen molar-refractivity contribution in [2.24, 2.45) is 0 Å². The number of aryl methyl sites for hydroxylation is 1. The van der Waals surface area contributed by atoms with Crippen molar-refractivity contribution >= 4 is 242 Å². The highest BCUT2D eigenvalue weighted by atomic mass is 127. The molecule has 0 aliphatic rings. The molecule has 9 heteroatoms. The van der Waals surface area contributed by atoms with Gasteiger partial charge in [0, 0.05) is 10.8 Å². The molecule has 0 aliphatic carbocycles. The van der Waals surface area contributed by atoms with Gasteiger partial charge in [-0.15, -0.1) is 0 Å². The average molecular weight is 2090 g/mol. The summed E-state index contributed by atoms with van der Waals surface area (Å²) in [5.41, 5.74) is 6.33. The van der Waals surface area contributed by atoms with E-state index < -0.39 is 7.12 Å². The van der Waals surface area contributed by atoms with E-state index >= 15 is 0 Å². The van der Waals surface area contributed by atoms with E-state index in [1.807, 2.05) is 98.9 Å². The van der Waals surface area contributed by atoms with Gasteiger partial charge in [-0.05, 0) is 220 Å². The molecule has 26 aromatic carbocycles. The Labute approximate surface area is 867 Å². The Morgan fingerprint density at radius 3 is 0.514 bits per heavy atom. The maximum Gasteiger partial charge on any atom is 0.569 e. The average Bonchev–Trinajstić information content (AvgIpc) is 0.753. The molecule has 0 bridgehead atoms. The normalized spacial score (nSPS) is 10.2. The summed E-state index contributed by atoms with van der Waals surface area (Å²) in [5.74, 6) is 4.30. The summed E-state index contributed by atoms with van der Waals surface area (Å²) in [6, 6.07) is 183. The van der Waals surface area contributed by atoms with Crippen molar-refractivity contribution in [2.45, 2.75) is 41.4 Å². The van der Waals surface area contributed by atoms with Crippen LogP contribution in [0, 0.1) is 6.92 Å². The maximum atomic E-state index is 9.18. The van der Waals surface area contributed by atoms with Crippen molar-refractivity contribution in [1.82, 2.24) is 0 Å². The van der Waals surface area contributed by atoms with Gasteiger partial charge in [0.1, 0.15) is 5.75 Å². The molecule has 26 rings (SSSR count). The van der Waals surface area contributed by atoms with Crippen molar-refractivity contribution in [3.8, 4) is 28.0 Å². The largest absolute Gasteiger partial charge is 0.569 e. The zero-order valence-corrected chi connectivity index (χ0v) is 87.0. The molecule has 4 nitrogen and oxygen atoms in total. The van der Waals surface area contributed by atoms with Gasteiger partial charge >= 0.3 is 14.8 Å². The van der Waals surface area contributed by atoms with Gasteiger partial charge in [-0.2, -0.15) is 0 Å². The van der Waals surface area contributed by atoms with Crippen LogP contribution in [-0.2, 0) is 0 Å². The third-order valence-corrected chi connectivity index (χ3v) is 24.3. The number of hydrogen-bond donors (Lipinski definition) is 3. The molecule has 0 atom stereocenters. The maximum absolute atomic E-state index is 9.18. The van der Waals surface area contributed by atoms with Crippen molar-refractivity contribution < 1.29 is 19.7 Å². The van der Waals surface area contributed by atoms with Crippen molar-refractivity contribution in [1.29, 1.82) is 0 Å². The van der Waals surface area contributed by atoms with Gasteiger partial charge in [0.25, 0.3) is 0 Å². The molecule has 0 spiro atoms. The molecular weight excluding hydrogens is 1970 g/mol. The Morgan fingerprint density at radius 2 is 0.331 bits per heavy atom. The molecule has 0 heterocycles. The fourth-order valence-corrected chi connectivity index (χ4v) is 18.2. The Bertz CT molecular complexity index is 7470. The summed E-state index contributed by atoms with van der Waals surface area (Å²) >= 11 is 8.02. The molecule has 3 N–H and O–H groups in total. The van der Waals surface area contributed by atoms with Gasteiger partial charge in [-0.25, -0.2) is 0 Å². The van der Waals surface area contributed by atoms with E-state index in [0.717, 1.165) is 29.2 Å². The van der Waals surface area contributed by atoms with Crippen LogP contribution in [-0.4, -0.2) is 46.5 Å². The van der Waals surface area contributed by atoms with E-state index in [2.05, 4.69) is 528 Å². The molecule has 0 unspecified atom stereocenters. The first-order valence-electron chi connectivity index (χ1n) is 47.9. The second kappa shape index (κ2) is 54.8. The Hall–Kier alpha value is -14.6. The van der Waals surface area contributed by atoms with Gasteiger partial charge in [-0.1, -0.05) is 604 Å². The number of hydrogen-bond acceptors (Lipinski definition) is 4. The Morgan fingerprint density at radius 1 is 0.190 bits per heavy atom. The van der Waals surface area contributed by atoms with E-state index in [-0.39, 0.29) is 0 Å². The van der Waals surface area contributed by atoms with E-state index in [1.54, 1.807) is 0 Å². The quantitative estimate of drug-likeness (QED) is 0.0540. The van der Waals surface area contributed by atoms with Gasteiger partial charge in [0.15, 0.2) is 0 Å². The number of fused-ring (bicyclic) bond motifs is 22. The van der Waals surface area contributed by atoms with E-state index in [1.165, 1.54) is 185 Å². The number of rotatable bonds is 4. The first-order chi connectivity index (χ1) is 70.2. The fourth-order valence-electron chi connectivity index (χ4n) is 18.2. The number of alkyl halides is 3. The highest BCUT2D eigenvalue weighted by molar-refractivity contribution is 14.1. The Kier molecular flexibility index (Phi) is 40.4. The van der Waals surface area contributed by atoms with Crippen LogP contribution in [0.25, 0.3) is 195 Å². The summed E-state index contributed by atoms with van der Waals surface area (Å²) in [4.78, 5) is 1.97. The van der Waals surface area contributed by atoms with Crippen LogP contribution in [0.15, 0.2) is 522 Å². The van der Waals surface area contributed by atoms with Crippen molar-refractivity contribution in [2.75, 3.05) is 16.6 Å². The lowest BCUT2D eigenvalue weighted by Crippen LogP contribution is -2.01. The standard InChI is InChI=1S/C21H16.C20H14BO2.3C18H12.3C10H8.2C2H6.CH5BO2.2CH3Br.CH3I/c1-15-17-11-5-7-13-19(17)21(16-9-3-2-4-10-16)20-14-8-6-12-18(15)20;22-21-23-20-17-12-6-4-10-15(17)19(14-8-2-1-3-9-14)16-11-5-7-13-18(16)20;3*1-3-7-15-13(5-1)9-11-18-16-8-4-2-6-14(16)10-12-17(15)18;3*1-2-6-10-8-4-3-7-9(10)5-1;2*1-2;1-2(3)4;3*1-2/h2-14H,1H3;1-13,22H;3*1-12H;3*1-8H;2*1-2H3;3-4H,1H3;3*1H3. The second-order valence-corrected chi connectivity index (χ2v) is 32.5. The first-order valence-corrected chi connectivity index (χ1v) is 53.3. The van der Waals surface area contributed by atoms with Crippen LogP contribution in [0.3, 0.4) is 0 Å². The minimum Gasteiger partial charge on any atom is -0.537 e. The smallest absolute Gasteiger partial charge is 0.537 e. The summed E-state index contributed by atoms with van der Waals surface area (Å²) in [7, 11) is -0.420. The molecule has 0 fully saturated rings. The van der Waals surface area contributed by atoms with E-state index in [9.17, 15) is 5.02 Å². The predicted molar refractivity (Wildman–Crippen MR) is 644 cm³/mol. The van der Waals surface area contributed by atoms with E-state index in [4.69, 9.17) is 14.7 Å². The van der Waals surface area contributed by atoms with Crippen molar-refractivity contribution in [3.05, 3.63) is 527 Å². The lowest BCUT2D eigenvalue weighted by molar-refractivity contribution is 0.417. The third kappa shape index (κ3) is 25.8. The van der Waals surface area contributed by atoms with Gasteiger partial charge < -0.3 is 19.7 Å². The third-order valence-electron chi connectivity index (χ3n) is 24.3. The second-order valence-electron chi connectivity index (χ2n) is 32.5. The molecule has 0 saturated carbocycles. The summed E-state index contributed by atoms with van der Waals surface area (Å²) in [6.07, 6.45) is 0. The van der Waals surface area contributed by atoms with Gasteiger partial charge in [-0.3, -0.25) is 0 Å². The summed E-state index contributed by atoms with van der Waals surface area (Å²) in [5, 5.41) is 65.7. The number of benzene rings is 26. The van der Waals surface area contributed by atoms with Crippen LogP contribution in [0.4, 0.5) is 0 Å². The first kappa shape index (κ1) is 105. The highest BCUT2D eigenvalue weighted by Gasteiger charge is 2.18. The van der Waals surface area contributed by atoms with Crippen LogP contribution in [0.5, 0.6) is 5.75 Å². The molecule has 0 amide bonds. The number of halogens is 3. The van der Waals surface area contributed by atoms with Crippen LogP contribution >= 0.6 is 54.5 Å². The van der Waals surface area contributed by atoms with Crippen LogP contribution in [0.2, 0.25) is 6.82 Å². The lowest BCUT2D eigenvalue weighted by atomic mass is 9.89. The molecule has 699 valence electrons. The summed E-state index contributed by atoms with van der Waals surface area (Å²) < 4.78 is 5.45. The van der Waals surface area contributed by atoms with Crippen LogP contribution in [0.1, 0.15) is 33.3 Å². The lowest BCUT2D eigenvalue weighted by Gasteiger charge is -2.16. The monoisotopic (exact) mass is 2080 g/mol. The minimum atomic E-state index is -1.17. The predicted octanol–water partition coefficient (Wildman–Crippen LogP) is 38.7. The molecular formula is C133H116B2Br2IO4. The zero-order chi connectivity index (χ0) is 99.7. The van der Waals surface area contributed by atoms with E-state index in [0.29, 0.717) is 5.75 Å². The molecule has 26 aromatic rings. The Balaban J connectivity index is 0.000000136. The zero-order valence-electron chi connectivity index (χ0n) is 81.7. The summed E-state index contributed by atoms with van der Waals surface area (Å²) in [6.45, 7) is 11.5. The fraction of sp³-hybridized carbons (Fsp3) is 0.0677. The van der Waals surface area contributed by atoms with Crippen LogP contribution < -0.4 is 4.65 Å². The topological polar surface area (TPSA) is 69.9 Å². The van der Waals surface area contributed by atoms with Gasteiger partial charge in [0.2, 0.25) is 0 Å². The molecule has 1 radical (unpaired) electrons. The molecule has 0 aromatic heterocycles. The van der Waals surface area contributed by atoms with Crippen molar-refractivity contribution in [3.63, 3.8) is 0 Å². The SMILES string of the molecule is CB(O)O.CBr.CBr.CC.CC.CI.Cc1c2ccccc2c(-c2ccccc2)c2ccccc12.O[B]Oc1c2ccccc2c(-c2ccccc2)c2ccccc12.c1ccc2c(c1)ccc1c3ccccc3ccc21.c1ccc2c(c1)ccc1c3ccccc3ccc21.c1ccc2c(c1)ccc1c3ccccc3ccc21.c1ccc2ccccc2c1.c1ccc2ccccc2c1.c1ccc2ccccc2c1. The highest BCUT2D eigenvalue weighted by Crippen LogP contribution is 2.44.